The summed E-state index contributed by atoms with van der Waals surface area (Å²) in [6.07, 6.45) is -0.430. The van der Waals surface area contributed by atoms with E-state index in [0.29, 0.717) is 27.3 Å². The third kappa shape index (κ3) is 2.74. The molecule has 1 aromatic rings. The van der Waals surface area contributed by atoms with Crippen LogP contribution in [0.3, 0.4) is 0 Å². The topological polar surface area (TPSA) is 66.0 Å². The van der Waals surface area contributed by atoms with Crippen LogP contribution in [0, 0.1) is 5.82 Å². The smallest absolute Gasteiger partial charge is 0.452 e. The first kappa shape index (κ1) is 16.9. The highest BCUT2D eigenvalue weighted by Gasteiger charge is 2.84. The summed E-state index contributed by atoms with van der Waals surface area (Å²) in [5, 5.41) is 2.05. The molecule has 1 aromatic carbocycles. The fourth-order valence-electron chi connectivity index (χ4n) is 2.85. The van der Waals surface area contributed by atoms with Crippen LogP contribution in [0.1, 0.15) is 27.7 Å². The number of ether oxygens (including phenoxy) is 2. The number of alkyl carbamates (subject to hydrolysis) is 1. The summed E-state index contributed by atoms with van der Waals surface area (Å²) in [7, 11) is -0.412. The molecule has 3 aliphatic rings. The Bertz CT molecular complexity index is 729. The van der Waals surface area contributed by atoms with Crippen molar-refractivity contribution in [2.75, 3.05) is 6.54 Å². The lowest BCUT2D eigenvalue weighted by Crippen LogP contribution is -2.41. The zero-order chi connectivity index (χ0) is 18.0. The molecule has 3 saturated heterocycles. The number of hydrogen-bond donors (Lipinski definition) is 1. The molecule has 0 aliphatic carbocycles. The molecule has 0 bridgehead atoms. The van der Waals surface area contributed by atoms with E-state index in [1.54, 1.807) is 12.1 Å². The van der Waals surface area contributed by atoms with Crippen LogP contribution < -0.4 is 15.5 Å². The Hall–Kier alpha value is -1.58. The van der Waals surface area contributed by atoms with Gasteiger partial charge in [-0.2, -0.15) is 0 Å². The Kier molecular flexibility index (Phi) is 3.52. The van der Waals surface area contributed by atoms with Crippen LogP contribution in [-0.2, 0) is 14.0 Å². The highest BCUT2D eigenvalue weighted by molar-refractivity contribution is 6.62. The molecule has 2 atom stereocenters. The van der Waals surface area contributed by atoms with Gasteiger partial charge in [-0.3, -0.25) is 0 Å². The maximum atomic E-state index is 14.6. The second-order valence-electron chi connectivity index (χ2n) is 7.55. The van der Waals surface area contributed by atoms with E-state index < -0.39 is 35.5 Å². The van der Waals surface area contributed by atoms with Crippen molar-refractivity contribution in [3.05, 3.63) is 24.0 Å². The molecule has 25 heavy (non-hydrogen) atoms. The number of benzene rings is 1. The fourth-order valence-corrected chi connectivity index (χ4v) is 3.97. The summed E-state index contributed by atoms with van der Waals surface area (Å²) >= 11 is 0. The summed E-state index contributed by atoms with van der Waals surface area (Å²) in [6, 6.07) is 4.62. The number of hydrogen-bond acceptors (Lipinski definition) is 5. The van der Waals surface area contributed by atoms with E-state index in [4.69, 9.17) is 18.8 Å². The molecular weight excluding hydrogens is 344 g/mol. The molecule has 1 amide bonds. The molecule has 1 unspecified atom stereocenters. The standard InChI is InChI=1S/C16H19BFNO5Si/c1-14(2)15(3,4)24-17(23-14)10-6-5-9(7-11(10)18)21-12-16(25-12)8-19-13(20)22-16/h5-7,12H,8H2,1-4H3,(H,19,20)/q+1/t12?,16-/m1/s1. The highest BCUT2D eigenvalue weighted by Crippen LogP contribution is 2.38. The lowest BCUT2D eigenvalue weighted by atomic mass is 9.78. The first-order valence-corrected chi connectivity index (χ1v) is 9.26. The van der Waals surface area contributed by atoms with E-state index in [-0.39, 0.29) is 5.73 Å². The van der Waals surface area contributed by atoms with Gasteiger partial charge in [-0.25, -0.2) is 9.18 Å². The number of amides is 1. The van der Waals surface area contributed by atoms with Gasteiger partial charge in [0.1, 0.15) is 11.6 Å². The summed E-state index contributed by atoms with van der Waals surface area (Å²) in [5.74, 6) is -0.0503. The third-order valence-corrected chi connectivity index (χ3v) is 6.78. The van der Waals surface area contributed by atoms with Crippen LogP contribution in [-0.4, -0.2) is 51.4 Å². The van der Waals surface area contributed by atoms with Crippen LogP contribution in [0.15, 0.2) is 18.2 Å². The molecule has 3 fully saturated rings. The van der Waals surface area contributed by atoms with Gasteiger partial charge in [0, 0.05) is 11.5 Å². The predicted molar refractivity (Wildman–Crippen MR) is 89.5 cm³/mol. The molecule has 0 saturated carbocycles. The minimum absolute atomic E-state index is 0.228. The van der Waals surface area contributed by atoms with Gasteiger partial charge in [-0.05, 0) is 33.8 Å². The normalized spacial score (nSPS) is 31.5. The Balaban J connectivity index is 1.46. The van der Waals surface area contributed by atoms with Gasteiger partial charge < -0.3 is 24.1 Å². The van der Waals surface area contributed by atoms with Crippen LogP contribution in [0.4, 0.5) is 9.18 Å². The molecular formula is C16H19BFNO5Si+. The summed E-state index contributed by atoms with van der Waals surface area (Å²) in [5.41, 5.74) is -0.943. The van der Waals surface area contributed by atoms with Crippen molar-refractivity contribution in [1.82, 2.24) is 5.32 Å². The first-order valence-electron chi connectivity index (χ1n) is 8.18. The maximum absolute atomic E-state index is 14.6. The Morgan fingerprint density at radius 2 is 1.96 bits per heavy atom. The van der Waals surface area contributed by atoms with Crippen molar-refractivity contribution in [1.29, 1.82) is 0 Å². The van der Waals surface area contributed by atoms with Gasteiger partial charge in [-0.15, -0.1) is 0 Å². The van der Waals surface area contributed by atoms with Gasteiger partial charge in [0.2, 0.25) is 0 Å². The van der Waals surface area contributed by atoms with E-state index in [0.717, 1.165) is 0 Å². The van der Waals surface area contributed by atoms with Gasteiger partial charge in [0.15, 0.2) is 0 Å². The fraction of sp³-hybridized carbons (Fsp3) is 0.562. The van der Waals surface area contributed by atoms with Crippen LogP contribution >= 0.6 is 0 Å². The minimum atomic E-state index is -0.756. The molecule has 9 heteroatoms. The number of carbonyl (C=O) groups excluding carboxylic acids is 1. The van der Waals surface area contributed by atoms with E-state index in [1.165, 1.54) is 6.07 Å². The molecule has 6 nitrogen and oxygen atoms in total. The largest absolute Gasteiger partial charge is 0.600 e. The van der Waals surface area contributed by atoms with Crippen molar-refractivity contribution in [3.8, 4) is 5.75 Å². The van der Waals surface area contributed by atoms with Crippen molar-refractivity contribution in [2.45, 2.75) is 49.8 Å². The third-order valence-electron chi connectivity index (χ3n) is 5.22. The molecule has 0 aromatic heterocycles. The molecule has 4 rings (SSSR count). The quantitative estimate of drug-likeness (QED) is 0.812. The lowest BCUT2D eigenvalue weighted by molar-refractivity contribution is 0.00578. The van der Waals surface area contributed by atoms with Crippen molar-refractivity contribution >= 4 is 28.2 Å². The van der Waals surface area contributed by atoms with Gasteiger partial charge in [0.25, 0.3) is 0 Å². The van der Waals surface area contributed by atoms with Crippen LogP contribution in [0.2, 0.25) is 0 Å². The zero-order valence-electron chi connectivity index (χ0n) is 14.5. The second kappa shape index (κ2) is 5.21. The monoisotopic (exact) mass is 363 g/mol. The molecule has 1 spiro atoms. The highest BCUT2D eigenvalue weighted by atomic mass is 28.2. The minimum Gasteiger partial charge on any atom is -0.452 e. The summed E-state index contributed by atoms with van der Waals surface area (Å²) in [6.45, 7) is 8.13. The number of rotatable bonds is 3. The molecule has 3 heterocycles. The van der Waals surface area contributed by atoms with E-state index in [2.05, 4.69) is 5.32 Å². The number of halogens is 1. The van der Waals surface area contributed by atoms with Crippen molar-refractivity contribution in [2.24, 2.45) is 0 Å². The van der Waals surface area contributed by atoms with Crippen molar-refractivity contribution in [3.63, 3.8) is 0 Å². The maximum Gasteiger partial charge on any atom is 0.600 e. The summed E-state index contributed by atoms with van der Waals surface area (Å²) in [4.78, 5) is 11.2. The van der Waals surface area contributed by atoms with E-state index >= 15 is 0 Å². The Morgan fingerprint density at radius 1 is 1.28 bits per heavy atom. The van der Waals surface area contributed by atoms with Gasteiger partial charge in [0.05, 0.1) is 17.7 Å². The number of carbonyl (C=O) groups is 1. The first-order chi connectivity index (χ1) is 11.6. The second-order valence-corrected chi connectivity index (χ2v) is 9.21. The van der Waals surface area contributed by atoms with Gasteiger partial charge in [-0.1, -0.05) is 6.07 Å². The molecule has 1 N–H and O–H groups in total. The van der Waals surface area contributed by atoms with Crippen molar-refractivity contribution < 1.29 is 28.0 Å². The van der Waals surface area contributed by atoms with E-state index in [1.807, 2.05) is 27.7 Å². The molecule has 3 aliphatic heterocycles. The predicted octanol–water partition coefficient (Wildman–Crippen LogP) is 0.984. The van der Waals surface area contributed by atoms with E-state index in [9.17, 15) is 9.18 Å². The van der Waals surface area contributed by atoms with Crippen LogP contribution in [0.5, 0.6) is 5.75 Å². The zero-order valence-corrected chi connectivity index (χ0v) is 15.5. The Morgan fingerprint density at radius 3 is 2.52 bits per heavy atom. The summed E-state index contributed by atoms with van der Waals surface area (Å²) < 4.78 is 37.3. The molecule has 131 valence electrons. The average molecular weight is 363 g/mol. The molecule has 1 radical (unpaired) electrons. The SMILES string of the molecule is CC1(C)OB(c2ccc(OC3[Si+][C@]34CNC(=O)O4)cc2F)OC1(C)C. The number of nitrogens with one attached hydrogen (secondary N) is 1. The van der Waals surface area contributed by atoms with Crippen LogP contribution in [0.25, 0.3) is 0 Å². The average Bonchev–Trinajstić information content (AvgIpc) is 2.90. The van der Waals surface area contributed by atoms with Gasteiger partial charge >= 0.3 is 33.7 Å². The lowest BCUT2D eigenvalue weighted by Gasteiger charge is -2.32. The Labute approximate surface area is 148 Å².